The van der Waals surface area contributed by atoms with E-state index in [1.807, 2.05) is 0 Å². The van der Waals surface area contributed by atoms with Crippen LogP contribution in [0.4, 0.5) is 0 Å². The maximum atomic E-state index is 12.3. The molecule has 1 aliphatic heterocycles. The van der Waals surface area contributed by atoms with Crippen molar-refractivity contribution in [3.63, 3.8) is 0 Å². The first kappa shape index (κ1) is 16.4. The summed E-state index contributed by atoms with van der Waals surface area (Å²) in [6.07, 6.45) is 0.780. The molecule has 1 aliphatic rings. The van der Waals surface area contributed by atoms with Crippen molar-refractivity contribution in [2.45, 2.75) is 4.90 Å². The molecule has 7 nitrogen and oxygen atoms in total. The van der Waals surface area contributed by atoms with Crippen LogP contribution >= 0.6 is 0 Å². The predicted octanol–water partition coefficient (Wildman–Crippen LogP) is -0.149. The van der Waals surface area contributed by atoms with Crippen LogP contribution in [0.1, 0.15) is 10.4 Å². The van der Waals surface area contributed by atoms with Gasteiger partial charge in [0.1, 0.15) is 0 Å². The molecule has 0 bridgehead atoms. The summed E-state index contributed by atoms with van der Waals surface area (Å²) in [6.45, 7) is 2.00. The van der Waals surface area contributed by atoms with Gasteiger partial charge in [-0.1, -0.05) is 0 Å². The van der Waals surface area contributed by atoms with E-state index in [0.717, 1.165) is 10.7 Å². The Bertz CT molecular complexity index is 647. The fraction of sp³-hybridized carbons (Fsp3) is 0.429. The second-order valence-electron chi connectivity index (χ2n) is 5.25. The van der Waals surface area contributed by atoms with Gasteiger partial charge in [0.25, 0.3) is 5.91 Å². The molecule has 0 saturated carbocycles. The van der Waals surface area contributed by atoms with Gasteiger partial charge in [-0.05, 0) is 24.3 Å². The van der Waals surface area contributed by atoms with E-state index >= 15 is 0 Å². The summed E-state index contributed by atoms with van der Waals surface area (Å²) in [6, 6.07) is 5.91. The van der Waals surface area contributed by atoms with E-state index in [9.17, 15) is 18.0 Å². The van der Waals surface area contributed by atoms with Gasteiger partial charge >= 0.3 is 0 Å². The monoisotopic (exact) mass is 325 g/mol. The highest BCUT2D eigenvalue weighted by Gasteiger charge is 2.22. The summed E-state index contributed by atoms with van der Waals surface area (Å²) in [4.78, 5) is 26.4. The van der Waals surface area contributed by atoms with Gasteiger partial charge in [-0.2, -0.15) is 0 Å². The van der Waals surface area contributed by atoms with Crippen LogP contribution in [-0.4, -0.2) is 75.1 Å². The molecule has 0 aromatic heterocycles. The van der Waals surface area contributed by atoms with Crippen molar-refractivity contribution in [2.24, 2.45) is 0 Å². The van der Waals surface area contributed by atoms with Crippen molar-refractivity contribution in [3.8, 4) is 0 Å². The summed E-state index contributed by atoms with van der Waals surface area (Å²) in [7, 11) is -0.574. The number of carbonyl (C=O) groups is 2. The molecular formula is C14H19N3O4S. The minimum Gasteiger partial charge on any atom is -0.342 e. The van der Waals surface area contributed by atoms with Gasteiger partial charge in [0.2, 0.25) is 16.4 Å². The first-order valence-corrected chi connectivity index (χ1v) is 8.31. The highest BCUT2D eigenvalue weighted by Crippen LogP contribution is 2.15. The van der Waals surface area contributed by atoms with Crippen LogP contribution in [-0.2, 0) is 14.8 Å². The Morgan fingerprint density at radius 2 is 1.64 bits per heavy atom. The fourth-order valence-corrected chi connectivity index (χ4v) is 3.09. The Labute approximate surface area is 130 Å². The zero-order valence-corrected chi connectivity index (χ0v) is 13.4. The minimum atomic E-state index is -3.49. The van der Waals surface area contributed by atoms with Gasteiger partial charge in [0, 0.05) is 45.8 Å². The smallest absolute Gasteiger partial charge is 0.253 e. The molecule has 0 spiro atoms. The van der Waals surface area contributed by atoms with Crippen LogP contribution in [0.3, 0.4) is 0 Å². The van der Waals surface area contributed by atoms with E-state index in [1.54, 1.807) is 9.80 Å². The predicted molar refractivity (Wildman–Crippen MR) is 80.9 cm³/mol. The van der Waals surface area contributed by atoms with E-state index in [-0.39, 0.29) is 10.8 Å². The van der Waals surface area contributed by atoms with Crippen molar-refractivity contribution in [1.29, 1.82) is 0 Å². The number of hydrogen-bond donors (Lipinski definition) is 0. The van der Waals surface area contributed by atoms with Crippen molar-refractivity contribution >= 4 is 22.3 Å². The Hall–Kier alpha value is -1.93. The average molecular weight is 325 g/mol. The van der Waals surface area contributed by atoms with Crippen LogP contribution in [0.2, 0.25) is 0 Å². The lowest BCUT2D eigenvalue weighted by molar-refractivity contribution is -0.119. The number of carbonyl (C=O) groups excluding carboxylic acids is 2. The van der Waals surface area contributed by atoms with Gasteiger partial charge in [-0.15, -0.1) is 0 Å². The SMILES string of the molecule is CN(C)S(=O)(=O)c1ccc(C(=O)N2CCN(C=O)CC2)cc1. The van der Waals surface area contributed by atoms with Gasteiger partial charge < -0.3 is 9.80 Å². The second-order valence-corrected chi connectivity index (χ2v) is 7.40. The van der Waals surface area contributed by atoms with Crippen LogP contribution in [0.15, 0.2) is 29.2 Å². The lowest BCUT2D eigenvalue weighted by atomic mass is 10.2. The quantitative estimate of drug-likeness (QED) is 0.722. The molecule has 1 fully saturated rings. The van der Waals surface area contributed by atoms with Crippen molar-refractivity contribution < 1.29 is 18.0 Å². The standard InChI is InChI=1S/C14H19N3O4S/c1-15(2)22(20,21)13-5-3-12(4-6-13)14(19)17-9-7-16(11-18)8-10-17/h3-6,11H,7-10H2,1-2H3. The molecule has 1 heterocycles. The van der Waals surface area contributed by atoms with E-state index in [2.05, 4.69) is 0 Å². The van der Waals surface area contributed by atoms with E-state index in [0.29, 0.717) is 31.7 Å². The number of benzene rings is 1. The first-order valence-electron chi connectivity index (χ1n) is 6.87. The van der Waals surface area contributed by atoms with E-state index in [4.69, 9.17) is 0 Å². The Morgan fingerprint density at radius 3 is 2.09 bits per heavy atom. The molecule has 120 valence electrons. The third kappa shape index (κ3) is 3.28. The van der Waals surface area contributed by atoms with Gasteiger partial charge in [0.05, 0.1) is 4.90 Å². The fourth-order valence-electron chi connectivity index (χ4n) is 2.19. The largest absolute Gasteiger partial charge is 0.342 e. The van der Waals surface area contributed by atoms with Crippen molar-refractivity contribution in [2.75, 3.05) is 40.3 Å². The number of nitrogens with zero attached hydrogens (tertiary/aromatic N) is 3. The van der Waals surface area contributed by atoms with Crippen LogP contribution < -0.4 is 0 Å². The summed E-state index contributed by atoms with van der Waals surface area (Å²) < 4.78 is 25.1. The summed E-state index contributed by atoms with van der Waals surface area (Å²) in [5.41, 5.74) is 0.442. The molecule has 1 aromatic carbocycles. The topological polar surface area (TPSA) is 78.0 Å². The summed E-state index contributed by atoms with van der Waals surface area (Å²) >= 11 is 0. The Balaban J connectivity index is 2.11. The van der Waals surface area contributed by atoms with E-state index < -0.39 is 10.0 Å². The molecule has 1 aromatic rings. The molecule has 0 unspecified atom stereocenters. The molecule has 0 atom stereocenters. The van der Waals surface area contributed by atoms with Gasteiger partial charge in [0.15, 0.2) is 0 Å². The lowest BCUT2D eigenvalue weighted by Crippen LogP contribution is -2.48. The summed E-state index contributed by atoms with van der Waals surface area (Å²) in [5.74, 6) is -0.153. The molecule has 0 radical (unpaired) electrons. The van der Waals surface area contributed by atoms with Gasteiger partial charge in [-0.25, -0.2) is 12.7 Å². The Morgan fingerprint density at radius 1 is 1.09 bits per heavy atom. The maximum absolute atomic E-state index is 12.3. The number of piperazine rings is 1. The molecule has 22 heavy (non-hydrogen) atoms. The maximum Gasteiger partial charge on any atom is 0.253 e. The third-order valence-corrected chi connectivity index (χ3v) is 5.46. The lowest BCUT2D eigenvalue weighted by Gasteiger charge is -2.32. The zero-order chi connectivity index (χ0) is 16.3. The highest BCUT2D eigenvalue weighted by atomic mass is 32.2. The zero-order valence-electron chi connectivity index (χ0n) is 12.6. The number of rotatable bonds is 4. The average Bonchev–Trinajstić information content (AvgIpc) is 2.54. The Kier molecular flexibility index (Phi) is 4.82. The summed E-state index contributed by atoms with van der Waals surface area (Å²) in [5, 5.41) is 0. The van der Waals surface area contributed by atoms with Gasteiger partial charge in [-0.3, -0.25) is 9.59 Å². The highest BCUT2D eigenvalue weighted by molar-refractivity contribution is 7.89. The first-order chi connectivity index (χ1) is 10.4. The van der Waals surface area contributed by atoms with Crippen LogP contribution in [0, 0.1) is 0 Å². The molecule has 0 aliphatic carbocycles. The number of amides is 2. The number of hydrogen-bond acceptors (Lipinski definition) is 4. The molecule has 1 saturated heterocycles. The van der Waals surface area contributed by atoms with Crippen molar-refractivity contribution in [1.82, 2.24) is 14.1 Å². The molecular weight excluding hydrogens is 306 g/mol. The minimum absolute atomic E-state index is 0.153. The molecule has 8 heteroatoms. The normalized spacial score (nSPS) is 16.0. The van der Waals surface area contributed by atoms with Crippen LogP contribution in [0.5, 0.6) is 0 Å². The molecule has 0 N–H and O–H groups in total. The van der Waals surface area contributed by atoms with Crippen molar-refractivity contribution in [3.05, 3.63) is 29.8 Å². The number of sulfonamides is 1. The second kappa shape index (κ2) is 6.45. The van der Waals surface area contributed by atoms with E-state index in [1.165, 1.54) is 38.4 Å². The molecule has 2 rings (SSSR count). The third-order valence-electron chi connectivity index (χ3n) is 3.63. The molecule has 2 amide bonds. The van der Waals surface area contributed by atoms with Crippen LogP contribution in [0.25, 0.3) is 0 Å².